The molecular formula is C122H265N3O3S3. The quantitative estimate of drug-likeness (QED) is 0.158. The van der Waals surface area contributed by atoms with Gasteiger partial charge in [-0.1, -0.05) is 414 Å². The van der Waals surface area contributed by atoms with Crippen LogP contribution in [0.25, 0.3) is 0 Å². The third-order valence-corrected chi connectivity index (χ3v) is 38.0. The van der Waals surface area contributed by atoms with E-state index in [1.54, 1.807) is 0 Å². The van der Waals surface area contributed by atoms with Crippen LogP contribution >= 0.6 is 35.3 Å². The summed E-state index contributed by atoms with van der Waals surface area (Å²) in [5.74, 6) is 17.7. The minimum absolute atomic E-state index is 0.179. The SMILES string of the molecule is CC.CC.CC.CC.CC.CC.CC.CC.CC.CC(C)(C)C1(C(C)(C)C)CCCSC1.CC(C)C1(C(C)(C)C)CCCNCC1.CC(C)C1(C(C)(C)C)CCSCC1.CC(C)C1(C(C)C)CCCCN1.CC(C)C1(C(C)C)CCCCO1.CC(C)C1(C(C)C)CCCCS1.CC(C)C1(C(C)C)CCCNC1.CC(C)C1(C(C)C)CCCOC1.CC(C)C1(C(C)C)CCOCC1. The lowest BCUT2D eigenvalue weighted by Crippen LogP contribution is -2.56. The van der Waals surface area contributed by atoms with E-state index in [4.69, 9.17) is 14.2 Å². The average Bonchev–Trinajstić information content (AvgIpc) is 0.821. The minimum atomic E-state index is 0.179. The van der Waals surface area contributed by atoms with E-state index in [2.05, 4.69) is 328 Å². The molecule has 3 N–H and O–H groups in total. The first-order chi connectivity index (χ1) is 61.1. The van der Waals surface area contributed by atoms with Crippen molar-refractivity contribution in [2.75, 3.05) is 94.5 Å². The molecular weight excluding hydrogens is 1650 g/mol. The standard InChI is InChI=1S/C13H27N.C13H26S.C12H24S.2C11H23N.3C11H22O.C11H22S.9C2H6/c1-11(2)13(12(3,4)5)7-6-9-14-10-8-13;1-11(2,3)13(12(4,5)6)8-7-9-14-10-13;1-10(2)12(11(3,4)5)6-8-13-9-7-12;1-9(2)11(10(3)4)6-5-7-12-8-11;1-9(2)11(10(3)4)7-5-6-8-12-11;1-9(2)11(10(3)4)5-7-12-8-6-11;1-9(2)11(10(3)4)6-5-7-12-8-11;2*1-9(2)11(10(3)4)7-5-6-8-12-11;9*1-2/h11,14H,6-10H2,1-5H3;7-10H2,1-6H3;10H,6-9H2,1-5H3;2*9-10,12H,5-8H2,1-4H3;4*9-10H,5-8H2,1-4H3;9*1-2H3. The largest absolute Gasteiger partial charge is 0.381 e. The highest BCUT2D eigenvalue weighted by Crippen LogP contribution is 2.59. The molecule has 9 aliphatic heterocycles. The first kappa shape index (κ1) is 150. The lowest BCUT2D eigenvalue weighted by Gasteiger charge is -2.55. The van der Waals surface area contributed by atoms with Crippen molar-refractivity contribution in [3.05, 3.63) is 0 Å². The van der Waals surface area contributed by atoms with Crippen LogP contribution in [-0.4, -0.2) is 110 Å². The van der Waals surface area contributed by atoms with Gasteiger partial charge < -0.3 is 30.2 Å². The minimum Gasteiger partial charge on any atom is -0.381 e. The highest BCUT2D eigenvalue weighted by atomic mass is 32.2. The van der Waals surface area contributed by atoms with Crippen LogP contribution in [0.1, 0.15) is 543 Å². The van der Waals surface area contributed by atoms with Gasteiger partial charge in [0.2, 0.25) is 0 Å². The van der Waals surface area contributed by atoms with Crippen molar-refractivity contribution in [3.63, 3.8) is 0 Å². The van der Waals surface area contributed by atoms with Gasteiger partial charge in [-0.3, -0.25) is 0 Å². The first-order valence-electron chi connectivity index (χ1n) is 57.8. The van der Waals surface area contributed by atoms with Crippen LogP contribution in [0.4, 0.5) is 0 Å². The van der Waals surface area contributed by atoms with E-state index in [1.807, 2.05) is 125 Å². The Kier molecular flexibility index (Phi) is 90.4. The van der Waals surface area contributed by atoms with Gasteiger partial charge in [-0.25, -0.2) is 0 Å². The van der Waals surface area contributed by atoms with E-state index >= 15 is 0 Å². The number of thioether (sulfide) groups is 3. The highest BCUT2D eigenvalue weighted by molar-refractivity contribution is 8.00. The number of rotatable bonds is 14. The lowest BCUT2D eigenvalue weighted by atomic mass is 9.53. The Morgan fingerprint density at radius 3 is 0.885 bits per heavy atom. The number of piperidine rings is 2. The molecule has 6 nitrogen and oxygen atoms in total. The third-order valence-electron chi connectivity index (χ3n) is 33.6. The van der Waals surface area contributed by atoms with Gasteiger partial charge in [0, 0.05) is 43.3 Å². The van der Waals surface area contributed by atoms with Crippen LogP contribution in [0.5, 0.6) is 0 Å². The van der Waals surface area contributed by atoms with E-state index in [0.29, 0.717) is 76.3 Å². The van der Waals surface area contributed by atoms with Gasteiger partial charge >= 0.3 is 0 Å². The number of hydrogen-bond acceptors (Lipinski definition) is 9. The zero-order valence-electron chi connectivity index (χ0n) is 103. The molecule has 9 fully saturated rings. The molecule has 804 valence electrons. The monoisotopic (exact) mass is 1920 g/mol. The molecule has 1 unspecified atom stereocenters. The number of hydrogen-bond donors (Lipinski definition) is 3. The lowest BCUT2D eigenvalue weighted by molar-refractivity contribution is -0.137. The maximum absolute atomic E-state index is 5.99. The third kappa shape index (κ3) is 48.4. The molecule has 9 rings (SSSR count). The van der Waals surface area contributed by atoms with Crippen LogP contribution in [0.3, 0.4) is 0 Å². The van der Waals surface area contributed by atoms with Crippen molar-refractivity contribution < 1.29 is 14.2 Å². The second-order valence-electron chi connectivity index (χ2n) is 46.6. The normalized spacial score (nSPS) is 21.4. The molecule has 0 saturated carbocycles. The summed E-state index contributed by atoms with van der Waals surface area (Å²) < 4.78 is 17.6. The topological polar surface area (TPSA) is 63.8 Å². The van der Waals surface area contributed by atoms with Crippen molar-refractivity contribution >= 4 is 35.3 Å². The molecule has 0 aromatic heterocycles. The molecule has 0 amide bonds. The van der Waals surface area contributed by atoms with Crippen molar-refractivity contribution in [2.45, 2.75) is 559 Å². The Balaban J connectivity index is -0.000000179. The summed E-state index contributed by atoms with van der Waals surface area (Å²) in [5.41, 5.74) is 5.61. The summed E-state index contributed by atoms with van der Waals surface area (Å²) in [6.45, 7) is 142. The van der Waals surface area contributed by atoms with Crippen LogP contribution in [-0.2, 0) is 14.2 Å². The molecule has 1 atom stereocenters. The second-order valence-corrected chi connectivity index (χ2v) is 50.4. The van der Waals surface area contributed by atoms with Gasteiger partial charge in [0.05, 0.1) is 12.2 Å². The zero-order chi connectivity index (χ0) is 105. The van der Waals surface area contributed by atoms with Crippen LogP contribution in [0, 0.1) is 137 Å². The Hall–Kier alpha value is 0.810. The van der Waals surface area contributed by atoms with Gasteiger partial charge in [0.25, 0.3) is 0 Å². The summed E-state index contributed by atoms with van der Waals surface area (Å²) in [7, 11) is 0. The summed E-state index contributed by atoms with van der Waals surface area (Å²) >= 11 is 6.51. The summed E-state index contributed by atoms with van der Waals surface area (Å²) in [6.07, 6.45) is 29.9. The van der Waals surface area contributed by atoms with Crippen LogP contribution in [0.2, 0.25) is 0 Å². The molecule has 0 radical (unpaired) electrons. The molecule has 131 heavy (non-hydrogen) atoms. The van der Waals surface area contributed by atoms with E-state index in [1.165, 1.54) is 203 Å². The average molecular weight is 1920 g/mol. The van der Waals surface area contributed by atoms with Crippen LogP contribution < -0.4 is 16.0 Å². The summed E-state index contributed by atoms with van der Waals surface area (Å²) in [6, 6.07) is 0. The highest BCUT2D eigenvalue weighted by Gasteiger charge is 2.52. The van der Waals surface area contributed by atoms with Gasteiger partial charge in [-0.2, -0.15) is 35.3 Å². The molecule has 9 saturated heterocycles. The fraction of sp³-hybridized carbons (Fsp3) is 1.00. The van der Waals surface area contributed by atoms with Gasteiger partial charge in [0.15, 0.2) is 0 Å². The molecule has 9 heteroatoms. The first-order valence-corrected chi connectivity index (χ1v) is 61.1. The summed E-state index contributed by atoms with van der Waals surface area (Å²) in [5, 5.41) is 10.8. The number of nitrogens with one attached hydrogen (secondary N) is 3. The molecule has 9 heterocycles. The van der Waals surface area contributed by atoms with E-state index in [0.717, 1.165) is 104 Å². The summed E-state index contributed by atoms with van der Waals surface area (Å²) in [4.78, 5) is 0. The van der Waals surface area contributed by atoms with E-state index in [-0.39, 0.29) is 5.60 Å². The fourth-order valence-corrected chi connectivity index (χ4v) is 29.1. The van der Waals surface area contributed by atoms with E-state index in [9.17, 15) is 0 Å². The Morgan fingerprint density at radius 1 is 0.252 bits per heavy atom. The zero-order valence-corrected chi connectivity index (χ0v) is 105. The molecule has 0 spiro atoms. The molecule has 0 aliphatic carbocycles. The predicted molar refractivity (Wildman–Crippen MR) is 620 cm³/mol. The molecule has 9 aliphatic rings. The van der Waals surface area contributed by atoms with Crippen molar-refractivity contribution in [2.24, 2.45) is 137 Å². The van der Waals surface area contributed by atoms with Gasteiger partial charge in [-0.15, -0.1) is 0 Å². The number of ether oxygens (including phenoxy) is 3. The van der Waals surface area contributed by atoms with Crippen molar-refractivity contribution in [3.8, 4) is 0 Å². The smallest absolute Gasteiger partial charge is 0.0728 e. The maximum atomic E-state index is 5.99. The van der Waals surface area contributed by atoms with Crippen LogP contribution in [0.15, 0.2) is 0 Å². The molecule has 0 aromatic rings. The Labute approximate surface area is 849 Å². The van der Waals surface area contributed by atoms with Crippen molar-refractivity contribution in [1.29, 1.82) is 0 Å². The molecule has 0 aromatic carbocycles. The van der Waals surface area contributed by atoms with Gasteiger partial charge in [-0.05, 0) is 320 Å². The predicted octanol–water partition coefficient (Wildman–Crippen LogP) is 40.3. The molecule has 0 bridgehead atoms. The Bertz CT molecular complexity index is 2030. The van der Waals surface area contributed by atoms with E-state index < -0.39 is 0 Å². The van der Waals surface area contributed by atoms with Gasteiger partial charge in [0.1, 0.15) is 0 Å². The fourth-order valence-electron chi connectivity index (χ4n) is 24.3. The van der Waals surface area contributed by atoms with Crippen molar-refractivity contribution in [1.82, 2.24) is 16.0 Å². The second kappa shape index (κ2) is 79.2. The Morgan fingerprint density at radius 2 is 0.649 bits per heavy atom. The maximum Gasteiger partial charge on any atom is 0.0728 e.